The maximum absolute atomic E-state index is 12.2. The molecule has 6 nitrogen and oxygen atoms in total. The topological polar surface area (TPSA) is 80.2 Å². The Bertz CT molecular complexity index is 843. The molecule has 0 saturated heterocycles. The predicted octanol–water partition coefficient (Wildman–Crippen LogP) is 4.24. The van der Waals surface area contributed by atoms with Gasteiger partial charge in [-0.05, 0) is 24.3 Å². The molecule has 9 heteroatoms. The summed E-state index contributed by atoms with van der Waals surface area (Å²) in [5.74, 6) is -0.00447. The number of hydrazone groups is 1. The molecule has 0 aliphatic rings. The number of hydrogen-bond acceptors (Lipinski definition) is 5. The van der Waals surface area contributed by atoms with Gasteiger partial charge in [0, 0.05) is 15.6 Å². The highest BCUT2D eigenvalue weighted by Crippen LogP contribution is 2.36. The number of nitrogens with zero attached hydrogens (tertiary/aromatic N) is 1. The number of methoxy groups -OCH3 is 2. The van der Waals surface area contributed by atoms with Crippen LogP contribution >= 0.6 is 39.1 Å². The molecule has 0 atom stereocenters. The minimum atomic E-state index is -0.514. The van der Waals surface area contributed by atoms with Gasteiger partial charge in [0.25, 0.3) is 5.91 Å². The number of ether oxygens (including phenoxy) is 2. The van der Waals surface area contributed by atoms with Gasteiger partial charge < -0.3 is 14.6 Å². The average Bonchev–Trinajstić information content (AvgIpc) is 2.57. The molecule has 0 unspecified atom stereocenters. The predicted molar refractivity (Wildman–Crippen MR) is 100 cm³/mol. The van der Waals surface area contributed by atoms with Gasteiger partial charge in [-0.3, -0.25) is 4.79 Å². The molecule has 2 aromatic rings. The Hall–Kier alpha value is -1.96. The van der Waals surface area contributed by atoms with Crippen molar-refractivity contribution in [3.63, 3.8) is 0 Å². The first kappa shape index (κ1) is 19.4. The summed E-state index contributed by atoms with van der Waals surface area (Å²) in [6.45, 7) is 0. The fourth-order valence-corrected chi connectivity index (χ4v) is 3.08. The highest BCUT2D eigenvalue weighted by molar-refractivity contribution is 9.10. The number of carbonyl (C=O) groups is 1. The maximum atomic E-state index is 12.2. The lowest BCUT2D eigenvalue weighted by atomic mass is 10.2. The number of halogens is 3. The van der Waals surface area contributed by atoms with Crippen molar-refractivity contribution >= 4 is 51.3 Å². The van der Waals surface area contributed by atoms with Crippen LogP contribution in [0.5, 0.6) is 17.2 Å². The molecule has 0 saturated carbocycles. The minimum absolute atomic E-state index is 0.142. The van der Waals surface area contributed by atoms with Gasteiger partial charge in [0.05, 0.1) is 30.5 Å². The van der Waals surface area contributed by atoms with Crippen LogP contribution in [0.2, 0.25) is 10.0 Å². The Morgan fingerprint density at radius 3 is 2.56 bits per heavy atom. The molecule has 0 aliphatic carbocycles. The second kappa shape index (κ2) is 8.42. The summed E-state index contributed by atoms with van der Waals surface area (Å²) in [6, 6.07) is 6.05. The molecule has 0 bridgehead atoms. The van der Waals surface area contributed by atoms with Crippen LogP contribution in [0.1, 0.15) is 15.9 Å². The number of carbonyl (C=O) groups excluding carboxylic acids is 1. The smallest absolute Gasteiger partial charge is 0.271 e. The second-order valence-electron chi connectivity index (χ2n) is 4.72. The van der Waals surface area contributed by atoms with Crippen molar-refractivity contribution in [2.24, 2.45) is 5.10 Å². The van der Waals surface area contributed by atoms with Crippen molar-refractivity contribution in [2.45, 2.75) is 0 Å². The largest absolute Gasteiger partial charge is 0.506 e. The lowest BCUT2D eigenvalue weighted by Gasteiger charge is -2.11. The molecular weight excluding hydrogens is 435 g/mol. The number of hydrogen-bond donors (Lipinski definition) is 2. The monoisotopic (exact) mass is 446 g/mol. The van der Waals surface area contributed by atoms with Crippen molar-refractivity contribution < 1.29 is 19.4 Å². The van der Waals surface area contributed by atoms with E-state index in [1.807, 2.05) is 0 Å². The Morgan fingerprint density at radius 2 is 1.92 bits per heavy atom. The van der Waals surface area contributed by atoms with E-state index in [0.29, 0.717) is 21.5 Å². The van der Waals surface area contributed by atoms with Crippen molar-refractivity contribution in [1.82, 2.24) is 5.43 Å². The molecule has 25 heavy (non-hydrogen) atoms. The Morgan fingerprint density at radius 1 is 1.20 bits per heavy atom. The third-order valence-corrected chi connectivity index (χ3v) is 4.15. The van der Waals surface area contributed by atoms with E-state index in [1.165, 1.54) is 32.6 Å². The summed E-state index contributed by atoms with van der Waals surface area (Å²) >= 11 is 15.2. The van der Waals surface area contributed by atoms with Crippen molar-refractivity contribution in [3.05, 3.63) is 49.9 Å². The highest BCUT2D eigenvalue weighted by atomic mass is 79.9. The van der Waals surface area contributed by atoms with Gasteiger partial charge in [-0.15, -0.1) is 0 Å². The Labute approximate surface area is 162 Å². The zero-order valence-corrected chi connectivity index (χ0v) is 16.2. The fraction of sp³-hybridized carbons (Fsp3) is 0.125. The van der Waals surface area contributed by atoms with Crippen LogP contribution in [0, 0.1) is 0 Å². The first-order valence-electron chi connectivity index (χ1n) is 6.80. The van der Waals surface area contributed by atoms with Gasteiger partial charge in [0.1, 0.15) is 5.75 Å². The molecule has 0 heterocycles. The number of nitrogens with one attached hydrogen (secondary N) is 1. The van der Waals surface area contributed by atoms with Gasteiger partial charge in [0.2, 0.25) is 0 Å². The van der Waals surface area contributed by atoms with Crippen LogP contribution in [-0.4, -0.2) is 31.4 Å². The summed E-state index contributed by atoms with van der Waals surface area (Å²) in [5, 5.41) is 14.1. The standard InChI is InChI=1S/C16H13BrCl2N2O4/c1-24-13-5-8(4-12(19)15(13)25-2)16(23)21-20-7-9-3-10(17)6-11(18)14(9)22/h3-7,22H,1-2H3,(H,21,23)/b20-7+. The quantitative estimate of drug-likeness (QED) is 0.530. The number of amides is 1. The summed E-state index contributed by atoms with van der Waals surface area (Å²) in [5.41, 5.74) is 2.91. The van der Waals surface area contributed by atoms with Crippen LogP contribution in [0.3, 0.4) is 0 Å². The van der Waals surface area contributed by atoms with E-state index >= 15 is 0 Å². The molecule has 0 spiro atoms. The first-order chi connectivity index (χ1) is 11.9. The molecule has 0 aromatic heterocycles. The zero-order chi connectivity index (χ0) is 18.6. The average molecular weight is 448 g/mol. The minimum Gasteiger partial charge on any atom is -0.506 e. The van der Waals surface area contributed by atoms with Crippen molar-refractivity contribution in [1.29, 1.82) is 0 Å². The van der Waals surface area contributed by atoms with Gasteiger partial charge in [0.15, 0.2) is 11.5 Å². The summed E-state index contributed by atoms with van der Waals surface area (Å²) in [6.07, 6.45) is 1.27. The Kier molecular flexibility index (Phi) is 6.52. The molecule has 0 aliphatic heterocycles. The summed E-state index contributed by atoms with van der Waals surface area (Å²) in [4.78, 5) is 12.2. The summed E-state index contributed by atoms with van der Waals surface area (Å²) < 4.78 is 10.9. The molecule has 0 radical (unpaired) electrons. The normalized spacial score (nSPS) is 10.8. The van der Waals surface area contributed by atoms with E-state index < -0.39 is 5.91 Å². The third-order valence-electron chi connectivity index (χ3n) is 3.12. The van der Waals surface area contributed by atoms with E-state index in [1.54, 1.807) is 12.1 Å². The van der Waals surface area contributed by atoms with E-state index in [0.717, 1.165) is 0 Å². The molecule has 132 valence electrons. The van der Waals surface area contributed by atoms with Crippen LogP contribution in [0.4, 0.5) is 0 Å². The molecule has 2 rings (SSSR count). The van der Waals surface area contributed by atoms with Crippen LogP contribution in [0.25, 0.3) is 0 Å². The van der Waals surface area contributed by atoms with Gasteiger partial charge in [-0.2, -0.15) is 5.10 Å². The van der Waals surface area contributed by atoms with Crippen molar-refractivity contribution in [2.75, 3.05) is 14.2 Å². The first-order valence-corrected chi connectivity index (χ1v) is 8.35. The van der Waals surface area contributed by atoms with Gasteiger partial charge >= 0.3 is 0 Å². The van der Waals surface area contributed by atoms with Gasteiger partial charge in [-0.1, -0.05) is 39.1 Å². The number of benzene rings is 2. The van der Waals surface area contributed by atoms with Gasteiger partial charge in [-0.25, -0.2) is 5.43 Å². The van der Waals surface area contributed by atoms with E-state index in [2.05, 4.69) is 26.5 Å². The number of phenols is 1. The van der Waals surface area contributed by atoms with Crippen LogP contribution in [0.15, 0.2) is 33.8 Å². The highest BCUT2D eigenvalue weighted by Gasteiger charge is 2.15. The Balaban J connectivity index is 2.19. The lowest BCUT2D eigenvalue weighted by molar-refractivity contribution is 0.0954. The van der Waals surface area contributed by atoms with E-state index in [-0.39, 0.29) is 21.4 Å². The summed E-state index contributed by atoms with van der Waals surface area (Å²) in [7, 11) is 2.89. The lowest BCUT2D eigenvalue weighted by Crippen LogP contribution is -2.17. The molecule has 2 N–H and O–H groups in total. The molecular formula is C16H13BrCl2N2O4. The van der Waals surface area contributed by atoms with E-state index in [9.17, 15) is 9.90 Å². The zero-order valence-electron chi connectivity index (χ0n) is 13.1. The maximum Gasteiger partial charge on any atom is 0.271 e. The second-order valence-corrected chi connectivity index (χ2v) is 6.45. The fourth-order valence-electron chi connectivity index (χ4n) is 1.96. The molecule has 2 aromatic carbocycles. The van der Waals surface area contributed by atoms with Crippen LogP contribution in [-0.2, 0) is 0 Å². The van der Waals surface area contributed by atoms with E-state index in [4.69, 9.17) is 32.7 Å². The third kappa shape index (κ3) is 4.56. The number of phenolic OH excluding ortho intramolecular Hbond substituents is 1. The SMILES string of the molecule is COc1cc(C(=O)N/N=C/c2cc(Br)cc(Cl)c2O)cc(Cl)c1OC. The van der Waals surface area contributed by atoms with Crippen LogP contribution < -0.4 is 14.9 Å². The molecule has 1 amide bonds. The number of rotatable bonds is 5. The van der Waals surface area contributed by atoms with Crippen molar-refractivity contribution in [3.8, 4) is 17.2 Å². The molecule has 0 fully saturated rings. The number of aromatic hydroxyl groups is 1.